The van der Waals surface area contributed by atoms with Crippen LogP contribution in [-0.4, -0.2) is 9.13 Å². The van der Waals surface area contributed by atoms with Gasteiger partial charge in [0.15, 0.2) is 5.69 Å². The van der Waals surface area contributed by atoms with Crippen LogP contribution in [0.1, 0.15) is 116 Å². The van der Waals surface area contributed by atoms with Gasteiger partial charge in [-0.15, -0.1) is 0 Å². The van der Waals surface area contributed by atoms with E-state index in [2.05, 4.69) is 153 Å². The number of fused-ring (bicyclic) bond motifs is 6. The third kappa shape index (κ3) is 7.63. The van der Waals surface area contributed by atoms with E-state index in [-0.39, 0.29) is 39.0 Å². The molecule has 0 radical (unpaired) electrons. The molecular formula is C55H53F6N3. The molecule has 3 nitrogen and oxygen atoms in total. The highest BCUT2D eigenvalue weighted by molar-refractivity contribution is 6.12. The van der Waals surface area contributed by atoms with Crippen molar-refractivity contribution in [2.75, 3.05) is 0 Å². The zero-order valence-electron chi connectivity index (χ0n) is 38.4. The van der Waals surface area contributed by atoms with Gasteiger partial charge in [0.25, 0.3) is 0 Å². The zero-order valence-corrected chi connectivity index (χ0v) is 38.4. The summed E-state index contributed by atoms with van der Waals surface area (Å²) >= 11 is 0. The molecule has 2 aromatic heterocycles. The first kappa shape index (κ1) is 44.6. The highest BCUT2D eigenvalue weighted by Crippen LogP contribution is 2.48. The Hall–Kier alpha value is -6.01. The molecule has 64 heavy (non-hydrogen) atoms. The molecule has 8 aromatic rings. The number of aromatic nitrogens is 2. The van der Waals surface area contributed by atoms with E-state index in [4.69, 9.17) is 6.57 Å². The summed E-state index contributed by atoms with van der Waals surface area (Å²) < 4.78 is 91.2. The van der Waals surface area contributed by atoms with Crippen LogP contribution in [0, 0.1) is 6.57 Å². The maximum atomic E-state index is 15.0. The van der Waals surface area contributed by atoms with E-state index in [1.807, 2.05) is 16.7 Å². The Morgan fingerprint density at radius 1 is 0.375 bits per heavy atom. The van der Waals surface area contributed by atoms with E-state index in [1.54, 1.807) is 12.1 Å². The normalized spacial score (nSPS) is 13.5. The third-order valence-electron chi connectivity index (χ3n) is 12.6. The van der Waals surface area contributed by atoms with Gasteiger partial charge in [0.1, 0.15) is 0 Å². The summed E-state index contributed by atoms with van der Waals surface area (Å²) in [6.45, 7) is 34.2. The fourth-order valence-electron chi connectivity index (χ4n) is 8.85. The molecule has 0 spiro atoms. The van der Waals surface area contributed by atoms with E-state index in [9.17, 15) is 13.2 Å². The van der Waals surface area contributed by atoms with Crippen molar-refractivity contribution in [1.82, 2.24) is 9.13 Å². The molecule has 0 aliphatic rings. The molecule has 2 heterocycles. The van der Waals surface area contributed by atoms with Crippen molar-refractivity contribution in [3.63, 3.8) is 0 Å². The second kappa shape index (κ2) is 14.5. The Kier molecular flexibility index (Phi) is 10.1. The van der Waals surface area contributed by atoms with Crippen LogP contribution >= 0.6 is 0 Å². The monoisotopic (exact) mass is 869 g/mol. The molecule has 0 saturated carbocycles. The van der Waals surface area contributed by atoms with E-state index in [0.717, 1.165) is 71.9 Å². The number of alkyl halides is 6. The molecule has 330 valence electrons. The van der Waals surface area contributed by atoms with Crippen LogP contribution in [0.5, 0.6) is 0 Å². The zero-order chi connectivity index (χ0) is 46.9. The van der Waals surface area contributed by atoms with Crippen LogP contribution in [0.25, 0.3) is 71.0 Å². The minimum Gasteiger partial charge on any atom is -0.308 e. The average molecular weight is 870 g/mol. The van der Waals surface area contributed by atoms with Crippen molar-refractivity contribution < 1.29 is 26.3 Å². The van der Waals surface area contributed by atoms with Crippen molar-refractivity contribution in [3.8, 4) is 22.5 Å². The number of benzene rings is 6. The lowest BCUT2D eigenvalue weighted by molar-refractivity contribution is -0.142. The molecule has 0 fully saturated rings. The van der Waals surface area contributed by atoms with Gasteiger partial charge in [-0.05, 0) is 128 Å². The van der Waals surface area contributed by atoms with E-state index >= 15 is 13.2 Å². The van der Waals surface area contributed by atoms with Gasteiger partial charge < -0.3 is 9.13 Å². The fraction of sp³-hybridized carbons (Fsp3) is 0.327. The maximum Gasteiger partial charge on any atom is 0.416 e. The van der Waals surface area contributed by atoms with Crippen LogP contribution in [0.4, 0.5) is 32.0 Å². The Bertz CT molecular complexity index is 3090. The number of hydrogen-bond donors (Lipinski definition) is 0. The molecule has 0 amide bonds. The first-order valence-electron chi connectivity index (χ1n) is 21.5. The lowest BCUT2D eigenvalue weighted by Gasteiger charge is -2.23. The lowest BCUT2D eigenvalue weighted by atomic mass is 9.85. The average Bonchev–Trinajstić information content (AvgIpc) is 3.69. The molecule has 6 aromatic carbocycles. The van der Waals surface area contributed by atoms with Gasteiger partial charge in [0.2, 0.25) is 0 Å². The van der Waals surface area contributed by atoms with Gasteiger partial charge in [-0.1, -0.05) is 113 Å². The van der Waals surface area contributed by atoms with Crippen molar-refractivity contribution in [2.45, 2.75) is 117 Å². The smallest absolute Gasteiger partial charge is 0.308 e. The standard InChI is InChI=1S/C55H53F6N3/c1-50(2,3)31-15-20-44-38(24-31)39-25-32(51(4,5)6)16-21-45(39)63(44)48-29-37(36-19-14-35(54(56,57)58)28-42(36)55(59,60)61)43(62-13)30-49(48)64-46-22-17-33(52(7,8)9)26-40(46)41-27-34(53(10,11)12)18-23-47(41)64/h14-30H,1-12H3. The summed E-state index contributed by atoms with van der Waals surface area (Å²) in [6.07, 6.45) is -10.2. The lowest BCUT2D eigenvalue weighted by Crippen LogP contribution is -2.12. The van der Waals surface area contributed by atoms with Gasteiger partial charge in [-0.2, -0.15) is 26.3 Å². The Morgan fingerprint density at radius 3 is 1.00 bits per heavy atom. The largest absolute Gasteiger partial charge is 0.416 e. The van der Waals surface area contributed by atoms with Crippen LogP contribution in [0.3, 0.4) is 0 Å². The predicted octanol–water partition coefficient (Wildman–Crippen LogP) is 17.3. The highest BCUT2D eigenvalue weighted by Gasteiger charge is 2.39. The van der Waals surface area contributed by atoms with Gasteiger partial charge in [0.05, 0.1) is 51.1 Å². The fourth-order valence-corrected chi connectivity index (χ4v) is 8.85. The Balaban J connectivity index is 1.60. The second-order valence-corrected chi connectivity index (χ2v) is 21.3. The van der Waals surface area contributed by atoms with E-state index < -0.39 is 29.0 Å². The van der Waals surface area contributed by atoms with Crippen LogP contribution in [-0.2, 0) is 34.0 Å². The summed E-state index contributed by atoms with van der Waals surface area (Å²) in [4.78, 5) is 3.83. The summed E-state index contributed by atoms with van der Waals surface area (Å²) in [5, 5.41) is 3.82. The molecule has 0 aliphatic heterocycles. The number of halogens is 6. The second-order valence-electron chi connectivity index (χ2n) is 21.3. The SMILES string of the molecule is [C-]#[N+]c1cc(-n2c3ccc(C(C)(C)C)cc3c3cc(C(C)(C)C)ccc32)c(-n2c3ccc(C(C)(C)C)cc3c3cc(C(C)(C)C)ccc32)cc1-c1ccc(C(F)(F)F)cc1C(F)(F)F. The predicted molar refractivity (Wildman–Crippen MR) is 252 cm³/mol. The molecule has 0 aliphatic carbocycles. The highest BCUT2D eigenvalue weighted by atomic mass is 19.4. The maximum absolute atomic E-state index is 15.0. The quantitative estimate of drug-likeness (QED) is 0.124. The van der Waals surface area contributed by atoms with Crippen LogP contribution in [0.15, 0.2) is 103 Å². The number of rotatable bonds is 3. The van der Waals surface area contributed by atoms with Gasteiger partial charge in [-0.25, -0.2) is 4.85 Å². The van der Waals surface area contributed by atoms with Crippen molar-refractivity contribution in [2.24, 2.45) is 0 Å². The van der Waals surface area contributed by atoms with Crippen molar-refractivity contribution >= 4 is 49.3 Å². The Morgan fingerprint density at radius 2 is 0.703 bits per heavy atom. The Labute approximate surface area is 371 Å². The molecule has 0 unspecified atom stereocenters. The van der Waals surface area contributed by atoms with E-state index in [1.165, 1.54) is 0 Å². The van der Waals surface area contributed by atoms with Gasteiger partial charge in [0, 0.05) is 21.5 Å². The summed E-state index contributed by atoms with van der Waals surface area (Å²) in [5.41, 5.74) is 4.15. The van der Waals surface area contributed by atoms with Gasteiger partial charge in [-0.3, -0.25) is 0 Å². The van der Waals surface area contributed by atoms with Crippen LogP contribution < -0.4 is 0 Å². The first-order chi connectivity index (χ1) is 29.5. The molecule has 9 heteroatoms. The minimum atomic E-state index is -5.17. The molecule has 0 N–H and O–H groups in total. The van der Waals surface area contributed by atoms with Crippen molar-refractivity contribution in [3.05, 3.63) is 148 Å². The van der Waals surface area contributed by atoms with Crippen molar-refractivity contribution in [1.29, 1.82) is 0 Å². The number of nitrogens with zero attached hydrogens (tertiary/aromatic N) is 3. The summed E-state index contributed by atoms with van der Waals surface area (Å²) in [6, 6.07) is 30.1. The topological polar surface area (TPSA) is 14.2 Å². The third-order valence-corrected chi connectivity index (χ3v) is 12.6. The summed E-state index contributed by atoms with van der Waals surface area (Å²) in [7, 11) is 0. The molecule has 0 atom stereocenters. The first-order valence-corrected chi connectivity index (χ1v) is 21.5. The van der Waals surface area contributed by atoms with Crippen LogP contribution in [0.2, 0.25) is 0 Å². The molecular weight excluding hydrogens is 817 g/mol. The number of hydrogen-bond acceptors (Lipinski definition) is 0. The minimum absolute atomic E-state index is 0.131. The van der Waals surface area contributed by atoms with Gasteiger partial charge >= 0.3 is 12.4 Å². The molecule has 0 saturated heterocycles. The molecule has 0 bridgehead atoms. The van der Waals surface area contributed by atoms with E-state index in [0.29, 0.717) is 17.4 Å². The summed E-state index contributed by atoms with van der Waals surface area (Å²) in [5.74, 6) is 0. The molecule has 8 rings (SSSR count).